The minimum Gasteiger partial charge on any atom is -0.497 e. The molecule has 0 saturated heterocycles. The van der Waals surface area contributed by atoms with Gasteiger partial charge in [0, 0.05) is 22.6 Å². The van der Waals surface area contributed by atoms with E-state index in [-0.39, 0.29) is 11.9 Å². The zero-order chi connectivity index (χ0) is 18.7. The van der Waals surface area contributed by atoms with Crippen LogP contribution in [0.2, 0.25) is 0 Å². The average Bonchev–Trinajstić information content (AvgIpc) is 3.30. The average molecular weight is 389 g/mol. The van der Waals surface area contributed by atoms with E-state index in [1.807, 2.05) is 48.9 Å². The first-order valence-electron chi connectivity index (χ1n) is 8.06. The van der Waals surface area contributed by atoms with E-state index in [1.165, 1.54) is 11.3 Å². The molecule has 1 unspecified atom stereocenters. The van der Waals surface area contributed by atoms with Gasteiger partial charge in [-0.2, -0.15) is 11.3 Å². The molecule has 3 rings (SSSR count). The van der Waals surface area contributed by atoms with Gasteiger partial charge in [0.2, 0.25) is 0 Å². The Morgan fingerprint density at radius 1 is 1.23 bits per heavy atom. The number of thiazole rings is 1. The Morgan fingerprint density at radius 2 is 2.04 bits per heavy atom. The summed E-state index contributed by atoms with van der Waals surface area (Å²) in [5.74, 6) is 1.26. The van der Waals surface area contributed by atoms with Gasteiger partial charge in [-0.3, -0.25) is 4.79 Å². The molecular weight excluding hydrogens is 368 g/mol. The Bertz CT molecular complexity index is 904. The van der Waals surface area contributed by atoms with Crippen molar-refractivity contribution < 1.29 is 14.3 Å². The van der Waals surface area contributed by atoms with Gasteiger partial charge in [-0.1, -0.05) is 0 Å². The van der Waals surface area contributed by atoms with Crippen LogP contribution < -0.4 is 14.8 Å². The molecule has 0 spiro atoms. The predicted molar refractivity (Wildman–Crippen MR) is 106 cm³/mol. The first-order valence-corrected chi connectivity index (χ1v) is 9.82. The van der Waals surface area contributed by atoms with E-state index in [9.17, 15) is 4.79 Å². The van der Waals surface area contributed by atoms with Crippen LogP contribution in [0.5, 0.6) is 11.5 Å². The Hall–Kier alpha value is -2.38. The van der Waals surface area contributed by atoms with E-state index in [0.29, 0.717) is 16.4 Å². The van der Waals surface area contributed by atoms with Crippen LogP contribution in [0.25, 0.3) is 10.6 Å². The van der Waals surface area contributed by atoms with Crippen molar-refractivity contribution in [3.8, 4) is 22.1 Å². The van der Waals surface area contributed by atoms with Crippen LogP contribution in [-0.4, -0.2) is 25.1 Å². The van der Waals surface area contributed by atoms with Crippen molar-refractivity contribution >= 4 is 28.6 Å². The summed E-state index contributed by atoms with van der Waals surface area (Å²) in [4.78, 5) is 17.9. The molecule has 2 heterocycles. The van der Waals surface area contributed by atoms with Gasteiger partial charge in [-0.25, -0.2) is 4.98 Å². The number of hydrogen-bond acceptors (Lipinski definition) is 6. The highest BCUT2D eigenvalue weighted by Gasteiger charge is 2.20. The summed E-state index contributed by atoms with van der Waals surface area (Å²) >= 11 is 3.03. The zero-order valence-electron chi connectivity index (χ0n) is 15.0. The molecule has 0 aliphatic heterocycles. The summed E-state index contributed by atoms with van der Waals surface area (Å²) in [5.41, 5.74) is 2.68. The summed E-state index contributed by atoms with van der Waals surface area (Å²) in [6, 6.07) is 7.36. The van der Waals surface area contributed by atoms with E-state index in [2.05, 4.69) is 10.3 Å². The lowest BCUT2D eigenvalue weighted by atomic mass is 10.1. The molecular formula is C19H20N2O3S2. The maximum atomic E-state index is 12.8. The molecule has 26 heavy (non-hydrogen) atoms. The number of methoxy groups -OCH3 is 2. The number of hydrogen-bond donors (Lipinski definition) is 1. The maximum Gasteiger partial charge on any atom is 0.263 e. The summed E-state index contributed by atoms with van der Waals surface area (Å²) in [6.45, 7) is 3.79. The number of thiophene rings is 1. The molecule has 0 bridgehead atoms. The SMILES string of the molecule is COc1ccc(C(C)NC(=O)c2sc(-c3ccsc3)nc2C)c(OC)c1. The fraction of sp³-hybridized carbons (Fsp3) is 0.263. The van der Waals surface area contributed by atoms with Crippen molar-refractivity contribution in [2.45, 2.75) is 19.9 Å². The third-order valence-electron chi connectivity index (χ3n) is 4.03. The molecule has 3 aromatic rings. The number of nitrogens with one attached hydrogen (secondary N) is 1. The molecule has 1 N–H and O–H groups in total. The number of aryl methyl sites for hydroxylation is 1. The minimum atomic E-state index is -0.213. The Morgan fingerprint density at radius 3 is 2.69 bits per heavy atom. The maximum absolute atomic E-state index is 12.8. The van der Waals surface area contributed by atoms with Crippen LogP contribution in [-0.2, 0) is 0 Å². The lowest BCUT2D eigenvalue weighted by Gasteiger charge is -2.17. The predicted octanol–water partition coefficient (Wildman–Crippen LogP) is 4.69. The van der Waals surface area contributed by atoms with Gasteiger partial charge >= 0.3 is 0 Å². The molecule has 0 saturated carbocycles. The quantitative estimate of drug-likeness (QED) is 0.666. The Kier molecular flexibility index (Phi) is 5.58. The number of benzene rings is 1. The van der Waals surface area contributed by atoms with Crippen LogP contribution in [0.3, 0.4) is 0 Å². The van der Waals surface area contributed by atoms with Crippen LogP contribution in [0.15, 0.2) is 35.0 Å². The monoisotopic (exact) mass is 388 g/mol. The molecule has 0 aliphatic carbocycles. The minimum absolute atomic E-state index is 0.133. The second-order valence-corrected chi connectivity index (χ2v) is 7.53. The van der Waals surface area contributed by atoms with Gasteiger partial charge in [0.15, 0.2) is 0 Å². The Labute approximate surface area is 160 Å². The third-order valence-corrected chi connectivity index (χ3v) is 5.91. The summed E-state index contributed by atoms with van der Waals surface area (Å²) in [5, 5.41) is 7.94. The molecule has 136 valence electrons. The second-order valence-electron chi connectivity index (χ2n) is 5.75. The number of carbonyl (C=O) groups is 1. The zero-order valence-corrected chi connectivity index (χ0v) is 16.7. The van der Waals surface area contributed by atoms with Gasteiger partial charge in [-0.05, 0) is 37.4 Å². The smallest absolute Gasteiger partial charge is 0.263 e. The van der Waals surface area contributed by atoms with Crippen LogP contribution in [0.4, 0.5) is 0 Å². The lowest BCUT2D eigenvalue weighted by molar-refractivity contribution is 0.0943. The summed E-state index contributed by atoms with van der Waals surface area (Å²) in [6.07, 6.45) is 0. The normalized spacial score (nSPS) is 11.8. The Balaban J connectivity index is 1.80. The van der Waals surface area contributed by atoms with E-state index in [4.69, 9.17) is 9.47 Å². The van der Waals surface area contributed by atoms with Crippen molar-refractivity contribution in [1.29, 1.82) is 0 Å². The molecule has 7 heteroatoms. The van der Waals surface area contributed by atoms with Gasteiger partial charge in [0.1, 0.15) is 21.4 Å². The van der Waals surface area contributed by atoms with Crippen molar-refractivity contribution in [2.75, 3.05) is 14.2 Å². The molecule has 2 aromatic heterocycles. The highest BCUT2D eigenvalue weighted by Crippen LogP contribution is 2.32. The standard InChI is InChI=1S/C19H20N2O3S2/c1-11(15-6-5-14(23-3)9-16(15)24-4)20-18(22)17-12(2)21-19(26-17)13-7-8-25-10-13/h5-11H,1-4H3,(H,20,22). The molecule has 0 aliphatic rings. The molecule has 5 nitrogen and oxygen atoms in total. The van der Waals surface area contributed by atoms with E-state index in [1.54, 1.807) is 25.6 Å². The number of rotatable bonds is 6. The first kappa shape index (κ1) is 18.4. The topological polar surface area (TPSA) is 60.5 Å². The van der Waals surface area contributed by atoms with Crippen LogP contribution in [0.1, 0.15) is 33.9 Å². The second kappa shape index (κ2) is 7.88. The number of ether oxygens (including phenoxy) is 2. The fourth-order valence-electron chi connectivity index (χ4n) is 2.63. The third kappa shape index (κ3) is 3.73. The highest BCUT2D eigenvalue weighted by molar-refractivity contribution is 7.17. The van der Waals surface area contributed by atoms with Gasteiger partial charge in [0.05, 0.1) is 26.0 Å². The van der Waals surface area contributed by atoms with Crippen molar-refractivity contribution in [3.63, 3.8) is 0 Å². The molecule has 1 atom stereocenters. The number of aromatic nitrogens is 1. The van der Waals surface area contributed by atoms with Crippen molar-refractivity contribution in [1.82, 2.24) is 10.3 Å². The van der Waals surface area contributed by atoms with Gasteiger partial charge < -0.3 is 14.8 Å². The number of nitrogens with zero attached hydrogens (tertiary/aromatic N) is 1. The lowest BCUT2D eigenvalue weighted by Crippen LogP contribution is -2.26. The number of amides is 1. The molecule has 1 amide bonds. The van der Waals surface area contributed by atoms with Gasteiger partial charge in [-0.15, -0.1) is 11.3 Å². The molecule has 0 radical (unpaired) electrons. The van der Waals surface area contributed by atoms with E-state index < -0.39 is 0 Å². The first-order chi connectivity index (χ1) is 12.5. The van der Waals surface area contributed by atoms with E-state index >= 15 is 0 Å². The summed E-state index contributed by atoms with van der Waals surface area (Å²) in [7, 11) is 3.21. The van der Waals surface area contributed by atoms with Crippen LogP contribution >= 0.6 is 22.7 Å². The number of carbonyl (C=O) groups excluding carboxylic acids is 1. The van der Waals surface area contributed by atoms with E-state index in [0.717, 1.165) is 21.8 Å². The highest BCUT2D eigenvalue weighted by atomic mass is 32.1. The van der Waals surface area contributed by atoms with Crippen LogP contribution in [0, 0.1) is 6.92 Å². The van der Waals surface area contributed by atoms with Gasteiger partial charge in [0.25, 0.3) is 5.91 Å². The fourth-order valence-corrected chi connectivity index (χ4v) is 4.31. The largest absolute Gasteiger partial charge is 0.497 e. The summed E-state index contributed by atoms with van der Waals surface area (Å²) < 4.78 is 10.7. The van der Waals surface area contributed by atoms with Crippen molar-refractivity contribution in [2.24, 2.45) is 0 Å². The molecule has 0 fully saturated rings. The van der Waals surface area contributed by atoms with Crippen molar-refractivity contribution in [3.05, 3.63) is 51.2 Å². The molecule has 1 aromatic carbocycles.